The fourth-order valence-electron chi connectivity index (χ4n) is 2.27. The zero-order chi connectivity index (χ0) is 14.7. The van der Waals surface area contributed by atoms with Gasteiger partial charge in [0, 0.05) is 6.54 Å². The molecule has 0 aliphatic rings. The smallest absolute Gasteiger partial charge is 0.147 e. The van der Waals surface area contributed by atoms with Crippen LogP contribution in [0.1, 0.15) is 16.7 Å². The van der Waals surface area contributed by atoms with E-state index in [-0.39, 0.29) is 0 Å². The lowest BCUT2D eigenvalue weighted by Crippen LogP contribution is -2.04. The third kappa shape index (κ3) is 3.04. The molecule has 1 aromatic carbocycles. The number of aromatic nitrogens is 2. The summed E-state index contributed by atoms with van der Waals surface area (Å²) < 4.78 is 1.12. The Labute approximate surface area is 128 Å². The van der Waals surface area contributed by atoms with Gasteiger partial charge in [-0.15, -0.1) is 11.3 Å². The first-order valence-electron chi connectivity index (χ1n) is 6.98. The minimum Gasteiger partial charge on any atom is -0.365 e. The van der Waals surface area contributed by atoms with Crippen molar-refractivity contribution in [1.82, 2.24) is 9.97 Å². The van der Waals surface area contributed by atoms with Gasteiger partial charge in [-0.25, -0.2) is 9.97 Å². The second kappa shape index (κ2) is 6.20. The number of nitrogens with two attached hydrogens (primary N) is 1. The molecule has 2 heterocycles. The van der Waals surface area contributed by atoms with Crippen LogP contribution in [0.2, 0.25) is 0 Å². The summed E-state index contributed by atoms with van der Waals surface area (Å²) in [6.45, 7) is 3.52. The SMILES string of the molecule is Cc1csc2c(NCc3ccc(CCN)cc3)ncnc12. The standard InChI is InChI=1S/C16H18N4S/c1-11-9-21-15-14(11)19-10-20-16(15)18-8-13-4-2-12(3-5-13)6-7-17/h2-5,9-10H,6-8,17H2,1H3,(H,18,19,20). The maximum absolute atomic E-state index is 5.56. The Morgan fingerprint density at radius 3 is 2.67 bits per heavy atom. The molecule has 108 valence electrons. The Bertz CT molecular complexity index is 734. The van der Waals surface area contributed by atoms with Crippen molar-refractivity contribution >= 4 is 27.4 Å². The van der Waals surface area contributed by atoms with Gasteiger partial charge in [0.25, 0.3) is 0 Å². The first kappa shape index (κ1) is 14.0. The quantitative estimate of drug-likeness (QED) is 0.759. The molecule has 5 heteroatoms. The summed E-state index contributed by atoms with van der Waals surface area (Å²) in [5.74, 6) is 0.907. The minimum atomic E-state index is 0.689. The summed E-state index contributed by atoms with van der Waals surface area (Å²) in [7, 11) is 0. The Kier molecular flexibility index (Phi) is 4.13. The van der Waals surface area contributed by atoms with Crippen LogP contribution in [0.15, 0.2) is 36.0 Å². The van der Waals surface area contributed by atoms with E-state index < -0.39 is 0 Å². The number of anilines is 1. The Balaban J connectivity index is 1.74. The fourth-order valence-corrected chi connectivity index (χ4v) is 3.24. The first-order valence-corrected chi connectivity index (χ1v) is 7.86. The van der Waals surface area contributed by atoms with E-state index in [1.165, 1.54) is 16.7 Å². The first-order chi connectivity index (χ1) is 10.3. The van der Waals surface area contributed by atoms with Crippen LogP contribution >= 0.6 is 11.3 Å². The number of hydrogen-bond acceptors (Lipinski definition) is 5. The van der Waals surface area contributed by atoms with E-state index in [1.54, 1.807) is 17.7 Å². The van der Waals surface area contributed by atoms with E-state index >= 15 is 0 Å². The highest BCUT2D eigenvalue weighted by Crippen LogP contribution is 2.28. The molecule has 2 aromatic heterocycles. The zero-order valence-electron chi connectivity index (χ0n) is 12.0. The minimum absolute atomic E-state index is 0.689. The molecule has 3 aromatic rings. The number of hydrogen-bond donors (Lipinski definition) is 2. The molecule has 0 aliphatic heterocycles. The maximum atomic E-state index is 5.56. The van der Waals surface area contributed by atoms with Crippen molar-refractivity contribution in [2.24, 2.45) is 5.73 Å². The highest BCUT2D eigenvalue weighted by molar-refractivity contribution is 7.18. The third-order valence-electron chi connectivity index (χ3n) is 3.45. The summed E-state index contributed by atoms with van der Waals surface area (Å²) in [4.78, 5) is 8.69. The number of nitrogens with zero attached hydrogens (tertiary/aromatic N) is 2. The summed E-state index contributed by atoms with van der Waals surface area (Å²) in [6, 6.07) is 8.54. The molecule has 3 rings (SSSR count). The van der Waals surface area contributed by atoms with Crippen LogP contribution in [0.3, 0.4) is 0 Å². The average Bonchev–Trinajstić information content (AvgIpc) is 2.89. The predicted molar refractivity (Wildman–Crippen MR) is 88.7 cm³/mol. The van der Waals surface area contributed by atoms with Gasteiger partial charge in [-0.2, -0.15) is 0 Å². The lowest BCUT2D eigenvalue weighted by Gasteiger charge is -2.07. The second-order valence-electron chi connectivity index (χ2n) is 5.03. The molecule has 3 N–H and O–H groups in total. The van der Waals surface area contributed by atoms with Crippen LogP contribution in [0.4, 0.5) is 5.82 Å². The molecule has 0 saturated carbocycles. The van der Waals surface area contributed by atoms with Gasteiger partial charge in [-0.1, -0.05) is 24.3 Å². The predicted octanol–water partition coefficient (Wildman–Crippen LogP) is 3.11. The van der Waals surface area contributed by atoms with Gasteiger partial charge in [-0.3, -0.25) is 0 Å². The second-order valence-corrected chi connectivity index (χ2v) is 5.91. The molecule has 0 spiro atoms. The van der Waals surface area contributed by atoms with E-state index in [0.717, 1.165) is 29.0 Å². The Morgan fingerprint density at radius 1 is 1.14 bits per heavy atom. The van der Waals surface area contributed by atoms with Crippen molar-refractivity contribution in [3.05, 3.63) is 52.7 Å². The van der Waals surface area contributed by atoms with Gasteiger partial charge >= 0.3 is 0 Å². The van der Waals surface area contributed by atoms with Gasteiger partial charge in [-0.05, 0) is 42.0 Å². The molecule has 0 fully saturated rings. The molecule has 21 heavy (non-hydrogen) atoms. The third-order valence-corrected chi connectivity index (χ3v) is 4.54. The highest BCUT2D eigenvalue weighted by atomic mass is 32.1. The van der Waals surface area contributed by atoms with Gasteiger partial charge in [0.15, 0.2) is 0 Å². The molecule has 0 unspecified atom stereocenters. The highest BCUT2D eigenvalue weighted by Gasteiger charge is 2.07. The van der Waals surface area contributed by atoms with Crippen LogP contribution in [-0.4, -0.2) is 16.5 Å². The van der Waals surface area contributed by atoms with Gasteiger partial charge in [0.2, 0.25) is 0 Å². The number of fused-ring (bicyclic) bond motifs is 1. The summed E-state index contributed by atoms with van der Waals surface area (Å²) in [5.41, 5.74) is 10.3. The molecule has 0 radical (unpaired) electrons. The molecular formula is C16H18N4S. The van der Waals surface area contributed by atoms with Crippen molar-refractivity contribution < 1.29 is 0 Å². The zero-order valence-corrected chi connectivity index (χ0v) is 12.8. The normalized spacial score (nSPS) is 11.0. The van der Waals surface area contributed by atoms with E-state index in [0.29, 0.717) is 6.54 Å². The lowest BCUT2D eigenvalue weighted by molar-refractivity contribution is 0.966. The maximum Gasteiger partial charge on any atom is 0.147 e. The van der Waals surface area contributed by atoms with Crippen LogP contribution < -0.4 is 11.1 Å². The topological polar surface area (TPSA) is 63.8 Å². The van der Waals surface area contributed by atoms with E-state index in [1.807, 2.05) is 0 Å². The van der Waals surface area contributed by atoms with E-state index in [4.69, 9.17) is 5.73 Å². The van der Waals surface area contributed by atoms with Crippen LogP contribution in [0.5, 0.6) is 0 Å². The Morgan fingerprint density at radius 2 is 1.90 bits per heavy atom. The van der Waals surface area contributed by atoms with Crippen molar-refractivity contribution in [1.29, 1.82) is 0 Å². The molecule has 0 aliphatic carbocycles. The number of aryl methyl sites for hydroxylation is 1. The largest absolute Gasteiger partial charge is 0.365 e. The van der Waals surface area contributed by atoms with E-state index in [2.05, 4.69) is 51.9 Å². The fraction of sp³-hybridized carbons (Fsp3) is 0.250. The lowest BCUT2D eigenvalue weighted by atomic mass is 10.1. The van der Waals surface area contributed by atoms with Crippen LogP contribution in [0, 0.1) is 6.92 Å². The molecular weight excluding hydrogens is 280 g/mol. The average molecular weight is 298 g/mol. The van der Waals surface area contributed by atoms with Crippen molar-refractivity contribution in [3.63, 3.8) is 0 Å². The molecule has 4 nitrogen and oxygen atoms in total. The Hall–Kier alpha value is -1.98. The molecule has 0 amide bonds. The number of nitrogens with one attached hydrogen (secondary N) is 1. The van der Waals surface area contributed by atoms with Crippen LogP contribution in [-0.2, 0) is 13.0 Å². The molecule has 0 saturated heterocycles. The van der Waals surface area contributed by atoms with Gasteiger partial charge in [0.1, 0.15) is 12.1 Å². The van der Waals surface area contributed by atoms with Gasteiger partial charge < -0.3 is 11.1 Å². The van der Waals surface area contributed by atoms with Crippen molar-refractivity contribution in [2.75, 3.05) is 11.9 Å². The monoisotopic (exact) mass is 298 g/mol. The van der Waals surface area contributed by atoms with Gasteiger partial charge in [0.05, 0.1) is 10.2 Å². The van der Waals surface area contributed by atoms with E-state index in [9.17, 15) is 0 Å². The van der Waals surface area contributed by atoms with Crippen molar-refractivity contribution in [2.45, 2.75) is 19.9 Å². The van der Waals surface area contributed by atoms with Crippen LogP contribution in [0.25, 0.3) is 10.2 Å². The molecule has 0 atom stereocenters. The summed E-state index contributed by atoms with van der Waals surface area (Å²) in [6.07, 6.45) is 2.55. The number of benzene rings is 1. The molecule has 0 bridgehead atoms. The summed E-state index contributed by atoms with van der Waals surface area (Å²) >= 11 is 1.68. The van der Waals surface area contributed by atoms with Crippen molar-refractivity contribution in [3.8, 4) is 0 Å². The number of thiophene rings is 1. The summed E-state index contributed by atoms with van der Waals surface area (Å²) in [5, 5.41) is 5.52. The number of rotatable bonds is 5.